The molecule has 2 aromatic rings. The first-order valence-corrected chi connectivity index (χ1v) is 6.19. The van der Waals surface area contributed by atoms with E-state index in [0.29, 0.717) is 5.56 Å². The van der Waals surface area contributed by atoms with Gasteiger partial charge in [-0.25, -0.2) is 4.79 Å². The lowest BCUT2D eigenvalue weighted by molar-refractivity contribution is -0.119. The minimum atomic E-state index is -0.539. The summed E-state index contributed by atoms with van der Waals surface area (Å²) in [6.45, 7) is 1.64. The van der Waals surface area contributed by atoms with Crippen LogP contribution in [0.1, 0.15) is 28.9 Å². The van der Waals surface area contributed by atoms with Gasteiger partial charge in [-0.2, -0.15) is 0 Å². The predicted octanol–water partition coefficient (Wildman–Crippen LogP) is 2.31. The molecule has 0 saturated heterocycles. The average molecular weight is 273 g/mol. The summed E-state index contributed by atoms with van der Waals surface area (Å²) < 4.78 is 10.3. The maximum atomic E-state index is 11.9. The molecule has 1 heterocycles. The van der Waals surface area contributed by atoms with Crippen LogP contribution in [0.5, 0.6) is 0 Å². The lowest BCUT2D eigenvalue weighted by Gasteiger charge is -2.18. The van der Waals surface area contributed by atoms with E-state index in [4.69, 9.17) is 9.15 Å². The van der Waals surface area contributed by atoms with Crippen molar-refractivity contribution in [2.75, 3.05) is 6.54 Å². The number of carbonyl (C=O) groups is 2. The first-order valence-electron chi connectivity index (χ1n) is 6.19. The molecule has 0 radical (unpaired) electrons. The number of hydrogen-bond acceptors (Lipinski definition) is 4. The molecular formula is C15H15NO4. The molecule has 5 nitrogen and oxygen atoms in total. The van der Waals surface area contributed by atoms with Gasteiger partial charge in [0.1, 0.15) is 12.4 Å². The molecule has 1 aromatic carbocycles. The Kier molecular flexibility index (Phi) is 4.55. The average Bonchev–Trinajstić information content (AvgIpc) is 2.98. The molecule has 1 N–H and O–H groups in total. The summed E-state index contributed by atoms with van der Waals surface area (Å²) in [6.07, 6.45) is 2.19. The van der Waals surface area contributed by atoms with E-state index in [9.17, 15) is 9.59 Å². The van der Waals surface area contributed by atoms with Gasteiger partial charge in [-0.05, 0) is 11.6 Å². The summed E-state index contributed by atoms with van der Waals surface area (Å²) in [5.74, 6) is -0.664. The predicted molar refractivity (Wildman–Crippen MR) is 72.0 cm³/mol. The molecule has 0 fully saturated rings. The summed E-state index contributed by atoms with van der Waals surface area (Å²) >= 11 is 0. The SMILES string of the molecule is CC(=O)NCC(OC(=O)c1ccoc1)c1ccccc1. The van der Waals surface area contributed by atoms with Crippen molar-refractivity contribution in [2.45, 2.75) is 13.0 Å². The molecule has 104 valence electrons. The fraction of sp³-hybridized carbons (Fsp3) is 0.200. The number of benzene rings is 1. The van der Waals surface area contributed by atoms with Crippen LogP contribution in [0, 0.1) is 0 Å². The molecule has 0 spiro atoms. The topological polar surface area (TPSA) is 68.5 Å². The summed E-state index contributed by atoms with van der Waals surface area (Å²) in [5.41, 5.74) is 1.16. The van der Waals surface area contributed by atoms with Gasteiger partial charge in [0.25, 0.3) is 0 Å². The molecular weight excluding hydrogens is 258 g/mol. The quantitative estimate of drug-likeness (QED) is 0.849. The molecule has 0 aliphatic rings. The molecule has 2 rings (SSSR count). The van der Waals surface area contributed by atoms with Gasteiger partial charge in [-0.15, -0.1) is 0 Å². The highest BCUT2D eigenvalue weighted by atomic mass is 16.5. The molecule has 0 saturated carbocycles. The van der Waals surface area contributed by atoms with Crippen LogP contribution >= 0.6 is 0 Å². The normalized spacial score (nSPS) is 11.7. The standard InChI is InChI=1S/C15H15NO4/c1-11(17)16-9-14(12-5-3-2-4-6-12)20-15(18)13-7-8-19-10-13/h2-8,10,14H,9H2,1H3,(H,16,17). The Morgan fingerprint density at radius 3 is 2.60 bits per heavy atom. The molecule has 1 amide bonds. The molecule has 1 unspecified atom stereocenters. The van der Waals surface area contributed by atoms with Crippen LogP contribution in [-0.4, -0.2) is 18.4 Å². The number of rotatable bonds is 5. The summed E-state index contributed by atoms with van der Waals surface area (Å²) in [6, 6.07) is 10.8. The smallest absolute Gasteiger partial charge is 0.342 e. The van der Waals surface area contributed by atoms with Gasteiger partial charge >= 0.3 is 5.97 Å². The van der Waals surface area contributed by atoms with E-state index in [-0.39, 0.29) is 12.5 Å². The van der Waals surface area contributed by atoms with Crippen LogP contribution in [0.2, 0.25) is 0 Å². The van der Waals surface area contributed by atoms with Gasteiger partial charge in [0.2, 0.25) is 5.91 Å². The Hall–Kier alpha value is -2.56. The molecule has 1 aromatic heterocycles. The Morgan fingerprint density at radius 1 is 1.25 bits per heavy atom. The van der Waals surface area contributed by atoms with Crippen LogP contribution in [0.15, 0.2) is 53.3 Å². The molecule has 0 aliphatic carbocycles. The number of ether oxygens (including phenoxy) is 1. The first-order chi connectivity index (χ1) is 9.66. The van der Waals surface area contributed by atoms with Crippen molar-refractivity contribution < 1.29 is 18.7 Å². The summed E-state index contributed by atoms with van der Waals surface area (Å²) in [5, 5.41) is 2.66. The fourth-order valence-corrected chi connectivity index (χ4v) is 1.71. The highest BCUT2D eigenvalue weighted by Crippen LogP contribution is 2.18. The fourth-order valence-electron chi connectivity index (χ4n) is 1.71. The van der Waals surface area contributed by atoms with Crippen molar-refractivity contribution in [3.63, 3.8) is 0 Å². The molecule has 0 bridgehead atoms. The lowest BCUT2D eigenvalue weighted by Crippen LogP contribution is -2.28. The van der Waals surface area contributed by atoms with Crippen LogP contribution < -0.4 is 5.32 Å². The Labute approximate surface area is 116 Å². The third-order valence-corrected chi connectivity index (χ3v) is 2.71. The van der Waals surface area contributed by atoms with Crippen molar-refractivity contribution in [3.05, 3.63) is 60.1 Å². The van der Waals surface area contributed by atoms with Gasteiger partial charge in [0.05, 0.1) is 18.4 Å². The van der Waals surface area contributed by atoms with E-state index < -0.39 is 12.1 Å². The maximum absolute atomic E-state index is 11.9. The van der Waals surface area contributed by atoms with E-state index in [1.807, 2.05) is 30.3 Å². The minimum Gasteiger partial charge on any atom is -0.472 e. The van der Waals surface area contributed by atoms with E-state index in [2.05, 4.69) is 5.32 Å². The number of esters is 1. The van der Waals surface area contributed by atoms with Crippen LogP contribution in [0.3, 0.4) is 0 Å². The third kappa shape index (κ3) is 3.71. The number of nitrogens with one attached hydrogen (secondary N) is 1. The second-order valence-corrected chi connectivity index (χ2v) is 4.25. The zero-order valence-electron chi connectivity index (χ0n) is 11.0. The van der Waals surface area contributed by atoms with E-state index in [0.717, 1.165) is 5.56 Å². The van der Waals surface area contributed by atoms with Crippen molar-refractivity contribution in [1.29, 1.82) is 0 Å². The Bertz CT molecular complexity index is 563. The van der Waals surface area contributed by atoms with Gasteiger partial charge in [-0.3, -0.25) is 4.79 Å². The minimum absolute atomic E-state index is 0.176. The summed E-state index contributed by atoms with van der Waals surface area (Å²) in [4.78, 5) is 23.0. The van der Waals surface area contributed by atoms with Crippen molar-refractivity contribution in [3.8, 4) is 0 Å². The van der Waals surface area contributed by atoms with E-state index in [1.165, 1.54) is 25.5 Å². The summed E-state index contributed by atoms with van der Waals surface area (Å²) in [7, 11) is 0. The van der Waals surface area contributed by atoms with Crippen molar-refractivity contribution >= 4 is 11.9 Å². The van der Waals surface area contributed by atoms with Gasteiger partial charge in [-0.1, -0.05) is 30.3 Å². The Balaban J connectivity index is 2.10. The monoisotopic (exact) mass is 273 g/mol. The molecule has 5 heteroatoms. The highest BCUT2D eigenvalue weighted by molar-refractivity contribution is 5.89. The van der Waals surface area contributed by atoms with Gasteiger partial charge in [0, 0.05) is 6.92 Å². The molecule has 0 aliphatic heterocycles. The molecule has 1 atom stereocenters. The van der Waals surface area contributed by atoms with E-state index in [1.54, 1.807) is 0 Å². The van der Waals surface area contributed by atoms with Crippen LogP contribution in [0.4, 0.5) is 0 Å². The number of furan rings is 1. The maximum Gasteiger partial charge on any atom is 0.342 e. The zero-order valence-corrected chi connectivity index (χ0v) is 11.0. The highest BCUT2D eigenvalue weighted by Gasteiger charge is 2.18. The number of carbonyl (C=O) groups excluding carboxylic acids is 2. The largest absolute Gasteiger partial charge is 0.472 e. The van der Waals surface area contributed by atoms with Crippen molar-refractivity contribution in [1.82, 2.24) is 5.32 Å². The second-order valence-electron chi connectivity index (χ2n) is 4.25. The first kappa shape index (κ1) is 13.9. The van der Waals surface area contributed by atoms with Crippen LogP contribution in [-0.2, 0) is 9.53 Å². The number of amides is 1. The van der Waals surface area contributed by atoms with Crippen LogP contribution in [0.25, 0.3) is 0 Å². The van der Waals surface area contributed by atoms with Crippen molar-refractivity contribution in [2.24, 2.45) is 0 Å². The molecule has 20 heavy (non-hydrogen) atoms. The lowest BCUT2D eigenvalue weighted by atomic mass is 10.1. The van der Waals surface area contributed by atoms with Gasteiger partial charge < -0.3 is 14.5 Å². The Morgan fingerprint density at radius 2 is 2.00 bits per heavy atom. The zero-order chi connectivity index (χ0) is 14.4. The number of hydrogen-bond donors (Lipinski definition) is 1. The van der Waals surface area contributed by atoms with E-state index >= 15 is 0 Å². The third-order valence-electron chi connectivity index (χ3n) is 2.71. The second kappa shape index (κ2) is 6.56. The van der Waals surface area contributed by atoms with Gasteiger partial charge in [0.15, 0.2) is 0 Å².